The van der Waals surface area contributed by atoms with Crippen molar-refractivity contribution in [3.63, 3.8) is 0 Å². The first-order valence-corrected chi connectivity index (χ1v) is 6.40. The van der Waals surface area contributed by atoms with E-state index in [1.165, 1.54) is 7.11 Å². The fourth-order valence-corrected chi connectivity index (χ4v) is 2.43. The lowest BCUT2D eigenvalue weighted by Crippen LogP contribution is -2.57. The number of ether oxygens (including phenoxy) is 1. The summed E-state index contributed by atoms with van der Waals surface area (Å²) in [6, 6.07) is 0.368. The van der Waals surface area contributed by atoms with Crippen molar-refractivity contribution in [2.45, 2.75) is 64.5 Å². The van der Waals surface area contributed by atoms with Crippen LogP contribution in [0, 0.1) is 5.92 Å². The van der Waals surface area contributed by atoms with Crippen molar-refractivity contribution in [1.82, 2.24) is 5.32 Å². The average molecular weight is 227 g/mol. The van der Waals surface area contributed by atoms with Crippen LogP contribution in [0.15, 0.2) is 0 Å². The Morgan fingerprint density at radius 1 is 1.50 bits per heavy atom. The summed E-state index contributed by atoms with van der Waals surface area (Å²) in [5, 5.41) is 3.48. The van der Waals surface area contributed by atoms with E-state index < -0.39 is 5.54 Å². The molecule has 1 fully saturated rings. The SMILES string of the molecule is CCC(C)NC1(C(=O)OC)CCC(C)CC1. The van der Waals surface area contributed by atoms with Crippen LogP contribution in [0.5, 0.6) is 0 Å². The first-order valence-electron chi connectivity index (χ1n) is 6.40. The summed E-state index contributed by atoms with van der Waals surface area (Å²) in [5.74, 6) is 0.649. The zero-order valence-electron chi connectivity index (χ0n) is 11.0. The maximum atomic E-state index is 12.0. The molecule has 3 nitrogen and oxygen atoms in total. The fourth-order valence-electron chi connectivity index (χ4n) is 2.43. The Bertz CT molecular complexity index is 232. The lowest BCUT2D eigenvalue weighted by molar-refractivity contribution is -0.151. The Morgan fingerprint density at radius 3 is 2.50 bits per heavy atom. The second-order valence-corrected chi connectivity index (χ2v) is 5.21. The van der Waals surface area contributed by atoms with Crippen molar-refractivity contribution in [1.29, 1.82) is 0 Å². The van der Waals surface area contributed by atoms with Crippen molar-refractivity contribution in [2.24, 2.45) is 5.92 Å². The highest BCUT2D eigenvalue weighted by molar-refractivity contribution is 5.81. The van der Waals surface area contributed by atoms with Gasteiger partial charge in [-0.3, -0.25) is 10.1 Å². The minimum Gasteiger partial charge on any atom is -0.468 e. The lowest BCUT2D eigenvalue weighted by atomic mass is 9.76. The molecule has 0 aliphatic heterocycles. The van der Waals surface area contributed by atoms with Gasteiger partial charge in [-0.2, -0.15) is 0 Å². The van der Waals surface area contributed by atoms with Crippen molar-refractivity contribution >= 4 is 5.97 Å². The van der Waals surface area contributed by atoms with Gasteiger partial charge in [-0.15, -0.1) is 0 Å². The molecule has 0 aromatic rings. The van der Waals surface area contributed by atoms with Crippen molar-refractivity contribution in [2.75, 3.05) is 7.11 Å². The van der Waals surface area contributed by atoms with Crippen LogP contribution in [-0.2, 0) is 9.53 Å². The quantitative estimate of drug-likeness (QED) is 0.750. The molecule has 3 heteroatoms. The molecule has 0 aromatic heterocycles. The van der Waals surface area contributed by atoms with E-state index in [4.69, 9.17) is 4.74 Å². The van der Waals surface area contributed by atoms with E-state index in [0.717, 1.165) is 38.0 Å². The number of methoxy groups -OCH3 is 1. The maximum Gasteiger partial charge on any atom is 0.326 e. The summed E-state index contributed by atoms with van der Waals surface area (Å²) >= 11 is 0. The molecule has 0 radical (unpaired) electrons. The standard InChI is InChI=1S/C13H25NO2/c1-5-11(3)14-13(12(15)16-4)8-6-10(2)7-9-13/h10-11,14H,5-9H2,1-4H3. The van der Waals surface area contributed by atoms with Crippen LogP contribution in [0.4, 0.5) is 0 Å². The van der Waals surface area contributed by atoms with Gasteiger partial charge >= 0.3 is 5.97 Å². The molecular weight excluding hydrogens is 202 g/mol. The lowest BCUT2D eigenvalue weighted by Gasteiger charge is -2.39. The monoisotopic (exact) mass is 227 g/mol. The molecule has 1 atom stereocenters. The van der Waals surface area contributed by atoms with E-state index in [2.05, 4.69) is 26.1 Å². The number of carbonyl (C=O) groups excluding carboxylic acids is 1. The molecular formula is C13H25NO2. The smallest absolute Gasteiger partial charge is 0.326 e. The van der Waals surface area contributed by atoms with E-state index in [1.807, 2.05) is 0 Å². The highest BCUT2D eigenvalue weighted by atomic mass is 16.5. The van der Waals surface area contributed by atoms with E-state index in [1.54, 1.807) is 0 Å². The van der Waals surface area contributed by atoms with E-state index in [-0.39, 0.29) is 5.97 Å². The van der Waals surface area contributed by atoms with Gasteiger partial charge in [-0.1, -0.05) is 13.8 Å². The molecule has 1 rings (SSSR count). The summed E-state index contributed by atoms with van der Waals surface area (Å²) < 4.78 is 4.97. The highest BCUT2D eigenvalue weighted by Gasteiger charge is 2.42. The Morgan fingerprint density at radius 2 is 2.06 bits per heavy atom. The van der Waals surface area contributed by atoms with E-state index in [9.17, 15) is 4.79 Å². The van der Waals surface area contributed by atoms with Crippen LogP contribution in [0.25, 0.3) is 0 Å². The topological polar surface area (TPSA) is 38.3 Å². The number of carbonyl (C=O) groups is 1. The first kappa shape index (κ1) is 13.5. The van der Waals surface area contributed by atoms with Crippen molar-refractivity contribution in [3.05, 3.63) is 0 Å². The minimum absolute atomic E-state index is 0.0836. The predicted octanol–water partition coefficient (Wildman–Crippen LogP) is 2.50. The van der Waals surface area contributed by atoms with Gasteiger partial charge in [0.1, 0.15) is 5.54 Å². The predicted molar refractivity (Wildman–Crippen MR) is 65.3 cm³/mol. The summed E-state index contributed by atoms with van der Waals surface area (Å²) in [7, 11) is 1.49. The van der Waals surface area contributed by atoms with Crippen molar-refractivity contribution < 1.29 is 9.53 Å². The minimum atomic E-state index is -0.420. The van der Waals surface area contributed by atoms with Gasteiger partial charge in [0.05, 0.1) is 7.11 Å². The van der Waals surface area contributed by atoms with Gasteiger partial charge in [0.15, 0.2) is 0 Å². The number of esters is 1. The Hall–Kier alpha value is -0.570. The number of hydrogen-bond acceptors (Lipinski definition) is 3. The maximum absolute atomic E-state index is 12.0. The molecule has 0 bridgehead atoms. The summed E-state index contributed by atoms with van der Waals surface area (Å²) in [6.07, 6.45) is 5.07. The molecule has 1 aliphatic rings. The molecule has 1 N–H and O–H groups in total. The van der Waals surface area contributed by atoms with Crippen LogP contribution in [0.2, 0.25) is 0 Å². The van der Waals surface area contributed by atoms with Crippen LogP contribution in [0.3, 0.4) is 0 Å². The Balaban J connectivity index is 2.73. The van der Waals surface area contributed by atoms with Crippen LogP contribution in [-0.4, -0.2) is 24.7 Å². The molecule has 1 unspecified atom stereocenters. The van der Waals surface area contributed by atoms with Crippen molar-refractivity contribution in [3.8, 4) is 0 Å². The van der Waals surface area contributed by atoms with Gasteiger partial charge in [0.2, 0.25) is 0 Å². The molecule has 0 amide bonds. The Kier molecular flexibility index (Phi) is 4.78. The molecule has 1 aliphatic carbocycles. The van der Waals surface area contributed by atoms with Gasteiger partial charge < -0.3 is 4.74 Å². The zero-order chi connectivity index (χ0) is 12.2. The molecule has 16 heavy (non-hydrogen) atoms. The first-order chi connectivity index (χ1) is 7.54. The number of nitrogens with one attached hydrogen (secondary N) is 1. The van der Waals surface area contributed by atoms with Crippen LogP contribution < -0.4 is 5.32 Å². The largest absolute Gasteiger partial charge is 0.468 e. The molecule has 0 aromatic carbocycles. The molecule has 0 saturated heterocycles. The summed E-state index contributed by atoms with van der Waals surface area (Å²) in [4.78, 5) is 12.0. The van der Waals surface area contributed by atoms with Crippen LogP contribution in [0.1, 0.15) is 52.9 Å². The van der Waals surface area contributed by atoms with Gasteiger partial charge in [0.25, 0.3) is 0 Å². The van der Waals surface area contributed by atoms with Gasteiger partial charge in [-0.25, -0.2) is 0 Å². The normalized spacial score (nSPS) is 32.1. The molecule has 94 valence electrons. The third-order valence-electron chi connectivity index (χ3n) is 3.84. The Labute approximate surface area is 98.9 Å². The molecule has 0 spiro atoms. The second-order valence-electron chi connectivity index (χ2n) is 5.21. The summed E-state index contributed by atoms with van der Waals surface area (Å²) in [6.45, 7) is 6.52. The second kappa shape index (κ2) is 5.67. The number of hydrogen-bond donors (Lipinski definition) is 1. The van der Waals surface area contributed by atoms with Gasteiger partial charge in [-0.05, 0) is 44.9 Å². The van der Waals surface area contributed by atoms with E-state index in [0.29, 0.717) is 6.04 Å². The molecule has 1 saturated carbocycles. The zero-order valence-corrected chi connectivity index (χ0v) is 11.0. The number of rotatable bonds is 4. The molecule has 0 heterocycles. The van der Waals surface area contributed by atoms with Gasteiger partial charge in [0, 0.05) is 6.04 Å². The third kappa shape index (κ3) is 2.97. The summed E-state index contributed by atoms with van der Waals surface area (Å²) in [5.41, 5.74) is -0.420. The highest BCUT2D eigenvalue weighted by Crippen LogP contribution is 2.33. The fraction of sp³-hybridized carbons (Fsp3) is 0.923. The van der Waals surface area contributed by atoms with Crippen LogP contribution >= 0.6 is 0 Å². The average Bonchev–Trinajstić information content (AvgIpc) is 2.31. The third-order valence-corrected chi connectivity index (χ3v) is 3.84. The van der Waals surface area contributed by atoms with E-state index >= 15 is 0 Å².